The number of aliphatic hydroxyl groups excluding tert-OH is 2. The van der Waals surface area contributed by atoms with Gasteiger partial charge in [0.05, 0.1) is 17.8 Å². The first kappa shape index (κ1) is 21.4. The summed E-state index contributed by atoms with van der Waals surface area (Å²) in [6.45, 7) is 9.36. The molecule has 0 radical (unpaired) electrons. The van der Waals surface area contributed by atoms with Gasteiger partial charge in [-0.25, -0.2) is 0 Å². The third-order valence-corrected chi connectivity index (χ3v) is 12.0. The minimum atomic E-state index is -0.553. The van der Waals surface area contributed by atoms with Crippen LogP contribution in [0.25, 0.3) is 0 Å². The Hall–Kier alpha value is -0.160. The summed E-state index contributed by atoms with van der Waals surface area (Å²) in [5.41, 5.74) is -0.365. The first-order chi connectivity index (χ1) is 14.7. The summed E-state index contributed by atoms with van der Waals surface area (Å²) >= 11 is 0. The molecule has 4 saturated carbocycles. The zero-order chi connectivity index (χ0) is 21.7. The summed E-state index contributed by atoms with van der Waals surface area (Å²) in [5.74, 6) is 4.89. The van der Waals surface area contributed by atoms with E-state index in [1.54, 1.807) is 0 Å². The monoisotopic (exact) mass is 431 g/mol. The summed E-state index contributed by atoms with van der Waals surface area (Å²) in [4.78, 5) is 2.68. The zero-order valence-corrected chi connectivity index (χ0v) is 19.9. The van der Waals surface area contributed by atoms with Crippen molar-refractivity contribution in [3.63, 3.8) is 0 Å². The van der Waals surface area contributed by atoms with Gasteiger partial charge in [-0.2, -0.15) is 0 Å². The Labute approximate surface area is 188 Å². The molecule has 0 amide bonds. The maximum absolute atomic E-state index is 11.8. The lowest BCUT2D eigenvalue weighted by Gasteiger charge is -2.60. The van der Waals surface area contributed by atoms with Crippen LogP contribution < -0.4 is 0 Å². The summed E-state index contributed by atoms with van der Waals surface area (Å²) in [6.07, 6.45) is 9.43. The number of aliphatic hydroxyl groups is 3. The Balaban J connectivity index is 1.30. The molecular formula is C27H45NO3. The first-order valence-electron chi connectivity index (χ1n) is 13.5. The van der Waals surface area contributed by atoms with Crippen molar-refractivity contribution in [3.05, 3.63) is 0 Å². The Kier molecular flexibility index (Phi) is 4.94. The molecule has 4 aliphatic carbocycles. The second-order valence-electron chi connectivity index (χ2n) is 13.4. The van der Waals surface area contributed by atoms with E-state index in [9.17, 15) is 15.3 Å². The first-order valence-corrected chi connectivity index (χ1v) is 13.5. The van der Waals surface area contributed by atoms with Gasteiger partial charge in [0, 0.05) is 19.1 Å². The van der Waals surface area contributed by atoms with Crippen LogP contribution in [0.4, 0.5) is 0 Å². The van der Waals surface area contributed by atoms with E-state index in [2.05, 4.69) is 25.7 Å². The van der Waals surface area contributed by atoms with Crippen molar-refractivity contribution < 1.29 is 15.3 Å². The smallest absolute Gasteiger partial charge is 0.0805 e. The fourth-order valence-electron chi connectivity index (χ4n) is 10.6. The lowest BCUT2D eigenvalue weighted by atomic mass is 9.51. The Bertz CT molecular complexity index is 711. The van der Waals surface area contributed by atoms with E-state index >= 15 is 0 Å². The topological polar surface area (TPSA) is 63.9 Å². The predicted molar refractivity (Wildman–Crippen MR) is 121 cm³/mol. The van der Waals surface area contributed by atoms with Gasteiger partial charge in [-0.1, -0.05) is 13.8 Å². The van der Waals surface area contributed by atoms with Crippen molar-refractivity contribution in [2.75, 3.05) is 13.1 Å². The minimum absolute atomic E-state index is 0.188. The molecule has 2 aliphatic heterocycles. The molecule has 31 heavy (non-hydrogen) atoms. The second kappa shape index (κ2) is 7.17. The lowest BCUT2D eigenvalue weighted by molar-refractivity contribution is -0.176. The molecule has 0 unspecified atom stereocenters. The van der Waals surface area contributed by atoms with Gasteiger partial charge in [-0.05, 0) is 117 Å². The van der Waals surface area contributed by atoms with Gasteiger partial charge in [-0.15, -0.1) is 0 Å². The van der Waals surface area contributed by atoms with Gasteiger partial charge >= 0.3 is 0 Å². The SMILES string of the molecule is C[C@H]1CC[C@H]2N(C1)C[C@@H]1[C@@H]3C[C@H]4[C@@H](C[C@H](O)[C@H]5C[C@@H](O)CC[C@@]54C)[C@H]3CC[C@@H]1[C@]2(C)O. The molecule has 4 nitrogen and oxygen atoms in total. The van der Waals surface area contributed by atoms with Gasteiger partial charge < -0.3 is 15.3 Å². The summed E-state index contributed by atoms with van der Waals surface area (Å²) < 4.78 is 0. The lowest BCUT2D eigenvalue weighted by Crippen LogP contribution is -2.67. The molecule has 6 aliphatic rings. The van der Waals surface area contributed by atoms with Crippen LogP contribution in [0.5, 0.6) is 0 Å². The Morgan fingerprint density at radius 1 is 0.742 bits per heavy atom. The van der Waals surface area contributed by atoms with Crippen LogP contribution >= 0.6 is 0 Å². The van der Waals surface area contributed by atoms with Crippen LogP contribution in [-0.2, 0) is 0 Å². The van der Waals surface area contributed by atoms with Gasteiger partial charge in [0.1, 0.15) is 0 Å². The fraction of sp³-hybridized carbons (Fsp3) is 1.00. The molecule has 3 N–H and O–H groups in total. The van der Waals surface area contributed by atoms with E-state index in [-0.39, 0.29) is 23.5 Å². The number of fused-ring (bicyclic) bond motifs is 8. The fourth-order valence-corrected chi connectivity index (χ4v) is 10.6. The van der Waals surface area contributed by atoms with Crippen LogP contribution in [0.2, 0.25) is 0 Å². The van der Waals surface area contributed by atoms with E-state index in [4.69, 9.17) is 0 Å². The maximum Gasteiger partial charge on any atom is 0.0805 e. The molecule has 4 heteroatoms. The van der Waals surface area contributed by atoms with Crippen molar-refractivity contribution in [2.45, 2.75) is 102 Å². The summed E-state index contributed by atoms with van der Waals surface area (Å²) in [7, 11) is 0. The van der Waals surface area contributed by atoms with E-state index in [0.717, 1.165) is 50.5 Å². The van der Waals surface area contributed by atoms with E-state index in [1.165, 1.54) is 32.2 Å². The number of hydrogen-bond donors (Lipinski definition) is 3. The quantitative estimate of drug-likeness (QED) is 0.547. The molecule has 2 saturated heterocycles. The van der Waals surface area contributed by atoms with Crippen LogP contribution in [0.1, 0.15) is 78.6 Å². The highest BCUT2D eigenvalue weighted by Crippen LogP contribution is 2.67. The number of piperidine rings is 2. The highest BCUT2D eigenvalue weighted by Gasteiger charge is 2.64. The van der Waals surface area contributed by atoms with Gasteiger partial charge in [-0.3, -0.25) is 4.90 Å². The van der Waals surface area contributed by atoms with Crippen LogP contribution in [0, 0.1) is 52.8 Å². The largest absolute Gasteiger partial charge is 0.393 e. The van der Waals surface area contributed by atoms with Crippen LogP contribution in [0.3, 0.4) is 0 Å². The second-order valence-corrected chi connectivity index (χ2v) is 13.4. The minimum Gasteiger partial charge on any atom is -0.393 e. The average molecular weight is 432 g/mol. The zero-order valence-electron chi connectivity index (χ0n) is 19.9. The average Bonchev–Trinajstić information content (AvgIpc) is 3.09. The molecule has 0 aromatic rings. The standard InChI is InChI=1S/C27H45NO3/c1-15-4-7-25-27(3,31)21-6-5-17-18(20(21)14-28(25)13-15)11-22-19(17)12-24(30)23-10-16(29)8-9-26(22,23)2/h15-25,29-31H,4-14H2,1-3H3/t15-,16-,17-,18+,19-,20+,21-,22-,23+,24-,25+,26+,27-/m0/s1. The molecule has 2 heterocycles. The highest BCUT2D eigenvalue weighted by molar-refractivity contribution is 5.14. The van der Waals surface area contributed by atoms with E-state index in [1.807, 2.05) is 0 Å². The molecule has 0 spiro atoms. The molecule has 0 bridgehead atoms. The highest BCUT2D eigenvalue weighted by atomic mass is 16.3. The Morgan fingerprint density at radius 3 is 2.35 bits per heavy atom. The molecule has 176 valence electrons. The third kappa shape index (κ3) is 3.00. The number of hydrogen-bond acceptors (Lipinski definition) is 4. The van der Waals surface area contributed by atoms with Crippen molar-refractivity contribution >= 4 is 0 Å². The molecule has 0 aromatic heterocycles. The van der Waals surface area contributed by atoms with Crippen LogP contribution in [0.15, 0.2) is 0 Å². The molecule has 6 fully saturated rings. The summed E-state index contributed by atoms with van der Waals surface area (Å²) in [6, 6.07) is 0.355. The van der Waals surface area contributed by atoms with E-state index in [0.29, 0.717) is 35.6 Å². The van der Waals surface area contributed by atoms with Crippen molar-refractivity contribution in [2.24, 2.45) is 52.8 Å². The maximum atomic E-state index is 11.8. The van der Waals surface area contributed by atoms with E-state index < -0.39 is 5.60 Å². The van der Waals surface area contributed by atoms with Crippen LogP contribution in [-0.4, -0.2) is 57.2 Å². The van der Waals surface area contributed by atoms with Crippen molar-refractivity contribution in [1.82, 2.24) is 4.90 Å². The molecule has 13 atom stereocenters. The van der Waals surface area contributed by atoms with Gasteiger partial charge in [0.15, 0.2) is 0 Å². The normalized spacial score (nSPS) is 61.5. The Morgan fingerprint density at radius 2 is 1.55 bits per heavy atom. The summed E-state index contributed by atoms with van der Waals surface area (Å²) in [5, 5.41) is 33.3. The van der Waals surface area contributed by atoms with Gasteiger partial charge in [0.25, 0.3) is 0 Å². The molecule has 0 aromatic carbocycles. The van der Waals surface area contributed by atoms with Crippen molar-refractivity contribution in [1.29, 1.82) is 0 Å². The predicted octanol–water partition coefficient (Wildman–Crippen LogP) is 3.68. The molecular weight excluding hydrogens is 386 g/mol. The third-order valence-electron chi connectivity index (χ3n) is 12.0. The van der Waals surface area contributed by atoms with Crippen molar-refractivity contribution in [3.8, 4) is 0 Å². The number of nitrogens with zero attached hydrogens (tertiary/aromatic N) is 1. The molecule has 6 rings (SSSR count). The number of rotatable bonds is 0. The van der Waals surface area contributed by atoms with Gasteiger partial charge in [0.2, 0.25) is 0 Å².